The third-order valence-corrected chi connectivity index (χ3v) is 3.12. The van der Waals surface area contributed by atoms with Crippen molar-refractivity contribution in [1.29, 1.82) is 0 Å². The molecular formula is C14H12ClN3O. The van der Waals surface area contributed by atoms with E-state index >= 15 is 0 Å². The maximum absolute atomic E-state index is 5.98. The van der Waals surface area contributed by atoms with Gasteiger partial charge in [0.15, 0.2) is 5.65 Å². The molecule has 0 spiro atoms. The highest BCUT2D eigenvalue weighted by Gasteiger charge is 2.08. The molecule has 0 fully saturated rings. The van der Waals surface area contributed by atoms with E-state index in [1.807, 2.05) is 34.9 Å². The van der Waals surface area contributed by atoms with Crippen LogP contribution in [0.3, 0.4) is 0 Å². The number of rotatable bonds is 2. The standard InChI is InChI=1S/C14H12ClN3O/c1-19-11-4-2-3-9(5-11)13-8-18-7-10(15)6-12(16)14(18)17-13/h2-8H,16H2,1H3. The molecule has 0 bridgehead atoms. The summed E-state index contributed by atoms with van der Waals surface area (Å²) in [5.41, 5.74) is 8.96. The molecule has 0 aliphatic rings. The first-order chi connectivity index (χ1) is 9.17. The second-order valence-electron chi connectivity index (χ2n) is 4.20. The minimum atomic E-state index is 0.557. The normalized spacial score (nSPS) is 10.8. The number of aromatic nitrogens is 2. The van der Waals surface area contributed by atoms with Crippen molar-refractivity contribution in [2.75, 3.05) is 12.8 Å². The van der Waals surface area contributed by atoms with E-state index in [0.29, 0.717) is 16.4 Å². The molecule has 2 aromatic heterocycles. The van der Waals surface area contributed by atoms with Gasteiger partial charge in [-0.1, -0.05) is 23.7 Å². The molecule has 0 amide bonds. The minimum Gasteiger partial charge on any atom is -0.497 e. The maximum atomic E-state index is 5.98. The Morgan fingerprint density at radius 3 is 2.89 bits per heavy atom. The van der Waals surface area contributed by atoms with Crippen LogP contribution in [-0.2, 0) is 0 Å². The molecule has 2 heterocycles. The highest BCUT2D eigenvalue weighted by molar-refractivity contribution is 6.30. The molecule has 3 aromatic rings. The molecule has 19 heavy (non-hydrogen) atoms. The van der Waals surface area contributed by atoms with E-state index in [-0.39, 0.29) is 0 Å². The van der Waals surface area contributed by atoms with Gasteiger partial charge in [-0.25, -0.2) is 4.98 Å². The summed E-state index contributed by atoms with van der Waals surface area (Å²) in [5, 5.41) is 0.583. The number of hydrogen-bond acceptors (Lipinski definition) is 3. The predicted molar refractivity (Wildman–Crippen MR) is 76.6 cm³/mol. The van der Waals surface area contributed by atoms with Crippen molar-refractivity contribution in [3.63, 3.8) is 0 Å². The molecular weight excluding hydrogens is 262 g/mol. The third kappa shape index (κ3) is 2.11. The Kier molecular flexibility index (Phi) is 2.80. The highest BCUT2D eigenvalue weighted by atomic mass is 35.5. The summed E-state index contributed by atoms with van der Waals surface area (Å²) in [4.78, 5) is 4.52. The van der Waals surface area contributed by atoms with Crippen LogP contribution < -0.4 is 10.5 Å². The summed E-state index contributed by atoms with van der Waals surface area (Å²) < 4.78 is 7.04. The Bertz CT molecular complexity index is 752. The molecule has 96 valence electrons. The van der Waals surface area contributed by atoms with Crippen LogP contribution in [0.5, 0.6) is 5.75 Å². The quantitative estimate of drug-likeness (QED) is 0.780. The Morgan fingerprint density at radius 2 is 2.11 bits per heavy atom. The third-order valence-electron chi connectivity index (χ3n) is 2.91. The first-order valence-corrected chi connectivity index (χ1v) is 6.13. The number of ether oxygens (including phenoxy) is 1. The zero-order valence-electron chi connectivity index (χ0n) is 10.3. The van der Waals surface area contributed by atoms with Gasteiger partial charge in [-0.2, -0.15) is 0 Å². The molecule has 0 saturated heterocycles. The van der Waals surface area contributed by atoms with Crippen molar-refractivity contribution < 1.29 is 4.74 Å². The van der Waals surface area contributed by atoms with Crippen molar-refractivity contribution in [3.8, 4) is 17.0 Å². The number of nitrogen functional groups attached to an aromatic ring is 1. The Labute approximate surface area is 115 Å². The van der Waals surface area contributed by atoms with Crippen LogP contribution in [0.2, 0.25) is 5.02 Å². The second kappa shape index (κ2) is 4.48. The lowest BCUT2D eigenvalue weighted by molar-refractivity contribution is 0.415. The maximum Gasteiger partial charge on any atom is 0.160 e. The fraction of sp³-hybridized carbons (Fsp3) is 0.0714. The van der Waals surface area contributed by atoms with Gasteiger partial charge in [0.25, 0.3) is 0 Å². The van der Waals surface area contributed by atoms with Crippen LogP contribution >= 0.6 is 11.6 Å². The Balaban J connectivity index is 2.17. The summed E-state index contributed by atoms with van der Waals surface area (Å²) in [6.07, 6.45) is 3.68. The topological polar surface area (TPSA) is 52.5 Å². The van der Waals surface area contributed by atoms with Crippen LogP contribution in [0.25, 0.3) is 16.9 Å². The van der Waals surface area contributed by atoms with Crippen molar-refractivity contribution in [3.05, 3.63) is 47.7 Å². The number of hydrogen-bond donors (Lipinski definition) is 1. The van der Waals surface area contributed by atoms with Gasteiger partial charge < -0.3 is 14.9 Å². The number of fused-ring (bicyclic) bond motifs is 1. The van der Waals surface area contributed by atoms with E-state index in [4.69, 9.17) is 22.1 Å². The van der Waals surface area contributed by atoms with Gasteiger partial charge in [0.05, 0.1) is 23.5 Å². The van der Waals surface area contributed by atoms with Crippen molar-refractivity contribution in [1.82, 2.24) is 9.38 Å². The molecule has 0 saturated carbocycles. The number of anilines is 1. The van der Waals surface area contributed by atoms with Gasteiger partial charge in [0.1, 0.15) is 5.75 Å². The number of halogens is 1. The first kappa shape index (κ1) is 11.9. The molecule has 4 nitrogen and oxygen atoms in total. The number of benzene rings is 1. The zero-order valence-corrected chi connectivity index (χ0v) is 11.1. The first-order valence-electron chi connectivity index (χ1n) is 5.75. The number of pyridine rings is 1. The largest absolute Gasteiger partial charge is 0.497 e. The lowest BCUT2D eigenvalue weighted by Gasteiger charge is -2.00. The molecule has 5 heteroatoms. The summed E-state index contributed by atoms with van der Waals surface area (Å²) in [6, 6.07) is 9.42. The smallest absolute Gasteiger partial charge is 0.160 e. The van der Waals surface area contributed by atoms with Gasteiger partial charge in [0, 0.05) is 18.0 Å². The molecule has 0 unspecified atom stereocenters. The molecule has 0 aliphatic carbocycles. The van der Waals surface area contributed by atoms with Crippen LogP contribution in [0.4, 0.5) is 5.69 Å². The molecule has 0 aliphatic heterocycles. The minimum absolute atomic E-state index is 0.557. The molecule has 1 aromatic carbocycles. The molecule has 3 rings (SSSR count). The van der Waals surface area contributed by atoms with Gasteiger partial charge >= 0.3 is 0 Å². The van der Waals surface area contributed by atoms with Crippen molar-refractivity contribution in [2.45, 2.75) is 0 Å². The lowest BCUT2D eigenvalue weighted by Crippen LogP contribution is -1.91. The number of nitrogens with two attached hydrogens (primary N) is 1. The molecule has 0 atom stereocenters. The van der Waals surface area contributed by atoms with Crippen molar-refractivity contribution in [2.24, 2.45) is 0 Å². The second-order valence-corrected chi connectivity index (χ2v) is 4.64. The number of nitrogens with zero attached hydrogens (tertiary/aromatic N) is 2. The van der Waals surface area contributed by atoms with Crippen LogP contribution in [0.15, 0.2) is 42.7 Å². The van der Waals surface area contributed by atoms with E-state index in [1.54, 1.807) is 19.4 Å². The van der Waals surface area contributed by atoms with E-state index in [1.165, 1.54) is 0 Å². The van der Waals surface area contributed by atoms with E-state index in [9.17, 15) is 0 Å². The average Bonchev–Trinajstić information content (AvgIpc) is 2.83. The SMILES string of the molecule is COc1cccc(-c2cn3cc(Cl)cc(N)c3n2)c1. The van der Waals surface area contributed by atoms with Gasteiger partial charge in [-0.3, -0.25) is 0 Å². The van der Waals surface area contributed by atoms with Crippen LogP contribution in [-0.4, -0.2) is 16.5 Å². The molecule has 2 N–H and O–H groups in total. The van der Waals surface area contributed by atoms with E-state index < -0.39 is 0 Å². The summed E-state index contributed by atoms with van der Waals surface area (Å²) >= 11 is 5.98. The lowest BCUT2D eigenvalue weighted by atomic mass is 10.1. The highest BCUT2D eigenvalue weighted by Crippen LogP contribution is 2.26. The van der Waals surface area contributed by atoms with Gasteiger partial charge in [-0.05, 0) is 18.2 Å². The van der Waals surface area contributed by atoms with Crippen molar-refractivity contribution >= 4 is 22.9 Å². The fourth-order valence-corrected chi connectivity index (χ4v) is 2.23. The van der Waals surface area contributed by atoms with Crippen LogP contribution in [0, 0.1) is 0 Å². The fourth-order valence-electron chi connectivity index (χ4n) is 2.01. The average molecular weight is 274 g/mol. The van der Waals surface area contributed by atoms with Gasteiger partial charge in [0.2, 0.25) is 0 Å². The summed E-state index contributed by atoms with van der Waals surface area (Å²) in [5.74, 6) is 0.792. The monoisotopic (exact) mass is 273 g/mol. The Morgan fingerprint density at radius 1 is 1.26 bits per heavy atom. The molecule has 0 radical (unpaired) electrons. The van der Waals surface area contributed by atoms with E-state index in [0.717, 1.165) is 17.0 Å². The number of methoxy groups -OCH3 is 1. The Hall–Kier alpha value is -2.20. The number of imidazole rings is 1. The predicted octanol–water partition coefficient (Wildman–Crippen LogP) is 3.25. The zero-order chi connectivity index (χ0) is 13.4. The summed E-state index contributed by atoms with van der Waals surface area (Å²) in [6.45, 7) is 0. The van der Waals surface area contributed by atoms with Crippen LogP contribution in [0.1, 0.15) is 0 Å². The summed E-state index contributed by atoms with van der Waals surface area (Å²) in [7, 11) is 1.64. The van der Waals surface area contributed by atoms with E-state index in [2.05, 4.69) is 4.98 Å². The van der Waals surface area contributed by atoms with Gasteiger partial charge in [-0.15, -0.1) is 0 Å².